The molecule has 1 aromatic carbocycles. The summed E-state index contributed by atoms with van der Waals surface area (Å²) in [6.45, 7) is 0. The quantitative estimate of drug-likeness (QED) is 0.535. The first-order valence-corrected chi connectivity index (χ1v) is 9.57. The molecule has 0 spiro atoms. The van der Waals surface area contributed by atoms with Crippen molar-refractivity contribution in [1.82, 2.24) is 9.55 Å². The molecule has 1 unspecified atom stereocenters. The van der Waals surface area contributed by atoms with Gasteiger partial charge >= 0.3 is 11.7 Å². The molecule has 1 N–H and O–H groups in total. The average Bonchev–Trinajstić information content (AvgIpc) is 3.49. The number of fused-ring (bicyclic) bond motifs is 1. The summed E-state index contributed by atoms with van der Waals surface area (Å²) in [6, 6.07) is 18.7. The van der Waals surface area contributed by atoms with Crippen molar-refractivity contribution in [2.45, 2.75) is 12.5 Å². The van der Waals surface area contributed by atoms with Crippen molar-refractivity contribution in [3.8, 4) is 28.7 Å². The van der Waals surface area contributed by atoms with Gasteiger partial charge in [0, 0.05) is 12.6 Å². The van der Waals surface area contributed by atoms with Crippen molar-refractivity contribution in [2.24, 2.45) is 7.05 Å². The molecule has 7 nitrogen and oxygen atoms in total. The number of furan rings is 1. The van der Waals surface area contributed by atoms with Gasteiger partial charge in [0.15, 0.2) is 5.69 Å². The van der Waals surface area contributed by atoms with E-state index >= 15 is 0 Å². The number of hydrogen-bond donors (Lipinski definition) is 1. The van der Waals surface area contributed by atoms with Gasteiger partial charge in [0.25, 0.3) is 0 Å². The summed E-state index contributed by atoms with van der Waals surface area (Å²) in [5.74, 6) is 1.27. The lowest BCUT2D eigenvalue weighted by Gasteiger charge is -2.08. The third-order valence-corrected chi connectivity index (χ3v) is 5.33. The molecule has 5 rings (SSSR count). The molecule has 4 heterocycles. The van der Waals surface area contributed by atoms with Gasteiger partial charge in [0.05, 0.1) is 18.4 Å². The van der Waals surface area contributed by atoms with Crippen molar-refractivity contribution in [1.29, 1.82) is 5.26 Å². The van der Waals surface area contributed by atoms with Crippen LogP contribution in [0.15, 0.2) is 71.5 Å². The Bertz CT molecular complexity index is 1280. The van der Waals surface area contributed by atoms with Crippen LogP contribution in [0.25, 0.3) is 22.6 Å². The maximum absolute atomic E-state index is 13.2. The molecule has 30 heavy (non-hydrogen) atoms. The van der Waals surface area contributed by atoms with Crippen molar-refractivity contribution < 1.29 is 13.8 Å². The Morgan fingerprint density at radius 1 is 1.20 bits per heavy atom. The van der Waals surface area contributed by atoms with Crippen LogP contribution >= 0.6 is 0 Å². The molecule has 0 aliphatic carbocycles. The number of nitrogens with zero attached hydrogens (tertiary/aromatic N) is 4. The van der Waals surface area contributed by atoms with E-state index in [4.69, 9.17) is 9.40 Å². The minimum atomic E-state index is -0.460. The standard InChI is InChI=1S/C23H17N5O2/c1-27-16(13-24)9-10-20(27)21-22-26-18(12-17-8-5-11-30-17)23(29)28(22)14-19(25-21)15-6-3-2-4-7-15/h2-11,14,18H,12H2,1H3/p+1. The number of aromatic nitrogens is 3. The van der Waals surface area contributed by atoms with Gasteiger partial charge in [-0.05, 0) is 24.3 Å². The Balaban J connectivity index is 1.66. The minimum absolute atomic E-state index is 0.0723. The summed E-state index contributed by atoms with van der Waals surface area (Å²) in [4.78, 5) is 18.1. The molecule has 0 amide bonds. The SMILES string of the molecule is Cn1c(C#N)ccc1-c1nc(-c2ccccc2)c[n+]2c1NC(Cc1ccco1)C2=O. The topological polar surface area (TPSA) is 87.7 Å². The summed E-state index contributed by atoms with van der Waals surface area (Å²) >= 11 is 0. The molecule has 1 aliphatic heterocycles. The normalized spacial score (nSPS) is 14.9. The van der Waals surface area contributed by atoms with Gasteiger partial charge in [-0.3, -0.25) is 5.32 Å². The van der Waals surface area contributed by atoms with E-state index in [1.807, 2.05) is 55.6 Å². The van der Waals surface area contributed by atoms with E-state index in [2.05, 4.69) is 11.4 Å². The molecular weight excluding hydrogens is 378 g/mol. The fourth-order valence-corrected chi connectivity index (χ4v) is 3.77. The molecular formula is C23H18N5O2+. The van der Waals surface area contributed by atoms with Crippen LogP contribution in [0.5, 0.6) is 0 Å². The number of nitrogens with one attached hydrogen (secondary N) is 1. The van der Waals surface area contributed by atoms with Crippen molar-refractivity contribution in [3.05, 3.63) is 78.5 Å². The summed E-state index contributed by atoms with van der Waals surface area (Å²) in [6.07, 6.45) is 3.80. The lowest BCUT2D eigenvalue weighted by atomic mass is 10.1. The van der Waals surface area contributed by atoms with Crippen molar-refractivity contribution in [2.75, 3.05) is 5.32 Å². The predicted octanol–water partition coefficient (Wildman–Crippen LogP) is 3.18. The maximum atomic E-state index is 13.2. The maximum Gasteiger partial charge on any atom is 0.359 e. The van der Waals surface area contributed by atoms with Gasteiger partial charge in [-0.25, -0.2) is 9.78 Å². The molecule has 4 aromatic rings. The predicted molar refractivity (Wildman–Crippen MR) is 109 cm³/mol. The third kappa shape index (κ3) is 2.86. The molecule has 0 fully saturated rings. The number of rotatable bonds is 4. The van der Waals surface area contributed by atoms with Crippen LogP contribution in [0.4, 0.5) is 5.82 Å². The monoisotopic (exact) mass is 396 g/mol. The molecule has 0 saturated heterocycles. The van der Waals surface area contributed by atoms with Gasteiger partial charge in [-0.1, -0.05) is 30.3 Å². The van der Waals surface area contributed by atoms with Crippen LogP contribution in [-0.4, -0.2) is 21.5 Å². The van der Waals surface area contributed by atoms with Gasteiger partial charge in [-0.2, -0.15) is 9.83 Å². The van der Waals surface area contributed by atoms with E-state index < -0.39 is 6.04 Å². The summed E-state index contributed by atoms with van der Waals surface area (Å²) in [5, 5.41) is 12.7. The molecule has 146 valence electrons. The van der Waals surface area contributed by atoms with E-state index in [0.717, 1.165) is 17.0 Å². The Labute approximate surface area is 172 Å². The fraction of sp³-hybridized carbons (Fsp3) is 0.130. The Hall–Kier alpha value is -4.18. The summed E-state index contributed by atoms with van der Waals surface area (Å²) < 4.78 is 8.83. The lowest BCUT2D eigenvalue weighted by molar-refractivity contribution is -0.551. The molecule has 0 radical (unpaired) electrons. The van der Waals surface area contributed by atoms with Crippen LogP contribution in [0.1, 0.15) is 16.2 Å². The average molecular weight is 396 g/mol. The minimum Gasteiger partial charge on any atom is -0.469 e. The van der Waals surface area contributed by atoms with E-state index in [9.17, 15) is 10.1 Å². The first-order valence-electron chi connectivity index (χ1n) is 9.57. The highest BCUT2D eigenvalue weighted by Gasteiger charge is 2.42. The van der Waals surface area contributed by atoms with Crippen LogP contribution in [0.2, 0.25) is 0 Å². The number of carbonyl (C=O) groups is 1. The van der Waals surface area contributed by atoms with Crippen LogP contribution in [0.3, 0.4) is 0 Å². The second kappa shape index (κ2) is 7.01. The molecule has 7 heteroatoms. The van der Waals surface area contributed by atoms with E-state index in [0.29, 0.717) is 29.3 Å². The fourth-order valence-electron chi connectivity index (χ4n) is 3.77. The van der Waals surface area contributed by atoms with E-state index in [1.165, 1.54) is 0 Å². The second-order valence-electron chi connectivity index (χ2n) is 7.15. The summed E-state index contributed by atoms with van der Waals surface area (Å²) in [5.41, 5.74) is 3.49. The molecule has 3 aromatic heterocycles. The lowest BCUT2D eigenvalue weighted by Crippen LogP contribution is -2.44. The first kappa shape index (κ1) is 17.9. The number of hydrogen-bond acceptors (Lipinski definition) is 5. The van der Waals surface area contributed by atoms with E-state index in [1.54, 1.807) is 27.7 Å². The largest absolute Gasteiger partial charge is 0.469 e. The van der Waals surface area contributed by atoms with Crippen LogP contribution in [0, 0.1) is 11.3 Å². The Morgan fingerprint density at radius 2 is 2.03 bits per heavy atom. The van der Waals surface area contributed by atoms with Gasteiger partial charge in [0.2, 0.25) is 6.04 Å². The zero-order valence-corrected chi connectivity index (χ0v) is 16.2. The zero-order chi connectivity index (χ0) is 20.7. The molecule has 1 aliphatic rings. The first-order chi connectivity index (χ1) is 14.7. The highest BCUT2D eigenvalue weighted by molar-refractivity contribution is 5.86. The van der Waals surface area contributed by atoms with Crippen LogP contribution in [-0.2, 0) is 13.5 Å². The third-order valence-electron chi connectivity index (χ3n) is 5.33. The Kier molecular flexibility index (Phi) is 4.18. The molecule has 0 saturated carbocycles. The smallest absolute Gasteiger partial charge is 0.359 e. The Morgan fingerprint density at radius 3 is 2.73 bits per heavy atom. The van der Waals surface area contributed by atoms with Crippen LogP contribution < -0.4 is 9.88 Å². The highest BCUT2D eigenvalue weighted by atomic mass is 16.3. The number of benzene rings is 1. The van der Waals surface area contributed by atoms with Crippen molar-refractivity contribution >= 4 is 11.7 Å². The highest BCUT2D eigenvalue weighted by Crippen LogP contribution is 2.30. The summed E-state index contributed by atoms with van der Waals surface area (Å²) in [7, 11) is 1.82. The van der Waals surface area contributed by atoms with Gasteiger partial charge in [-0.15, -0.1) is 0 Å². The van der Waals surface area contributed by atoms with Gasteiger partial charge < -0.3 is 8.98 Å². The van der Waals surface area contributed by atoms with E-state index in [-0.39, 0.29) is 5.91 Å². The number of nitriles is 1. The second-order valence-corrected chi connectivity index (χ2v) is 7.15. The molecule has 1 atom stereocenters. The van der Waals surface area contributed by atoms with Crippen molar-refractivity contribution in [3.63, 3.8) is 0 Å². The zero-order valence-electron chi connectivity index (χ0n) is 16.2. The van der Waals surface area contributed by atoms with Gasteiger partial charge in [0.1, 0.15) is 29.4 Å². The molecule has 0 bridgehead atoms. The number of anilines is 1. The number of carbonyl (C=O) groups excluding carboxylic acids is 1.